The molecule has 0 saturated heterocycles. The van der Waals surface area contributed by atoms with E-state index in [1.54, 1.807) is 0 Å². The van der Waals surface area contributed by atoms with Crippen molar-refractivity contribution >= 4 is 0 Å². The molecule has 0 aliphatic carbocycles. The second kappa shape index (κ2) is 7.50. The van der Waals surface area contributed by atoms with Crippen molar-refractivity contribution in [3.8, 4) is 0 Å². The van der Waals surface area contributed by atoms with Gasteiger partial charge in [-0.3, -0.25) is 4.98 Å². The summed E-state index contributed by atoms with van der Waals surface area (Å²) in [5.74, 6) is -1.25. The van der Waals surface area contributed by atoms with Crippen LogP contribution in [0.5, 0.6) is 0 Å². The molecule has 2 nitrogen and oxygen atoms in total. The quantitative estimate of drug-likeness (QED) is 0.818. The predicted octanol–water partition coefficient (Wildman–Crippen LogP) is 3.67. The number of rotatable bonds is 6. The number of alkyl halides is 3. The highest BCUT2D eigenvalue weighted by atomic mass is 19.4. The van der Waals surface area contributed by atoms with Crippen molar-refractivity contribution in [3.05, 3.63) is 65.5 Å². The van der Waals surface area contributed by atoms with Crippen LogP contribution in [0.2, 0.25) is 0 Å². The zero-order valence-electron chi connectivity index (χ0n) is 12.1. The standard InChI is InChI=1S/C16H15F5N2/c17-13-1-2-14(18)12(10-13)5-8-23-15(16(19,20)21)9-11-3-6-22-7-4-11/h1-4,6-7,10,15,23H,5,8-9H2. The highest BCUT2D eigenvalue weighted by molar-refractivity contribution is 5.19. The molecule has 0 radical (unpaired) electrons. The van der Waals surface area contributed by atoms with Crippen LogP contribution in [-0.4, -0.2) is 23.7 Å². The van der Waals surface area contributed by atoms with E-state index in [0.717, 1.165) is 18.2 Å². The lowest BCUT2D eigenvalue weighted by Gasteiger charge is -2.22. The summed E-state index contributed by atoms with van der Waals surface area (Å²) >= 11 is 0. The Bertz CT molecular complexity index is 628. The Morgan fingerprint density at radius 1 is 1.04 bits per heavy atom. The minimum absolute atomic E-state index is 0.0352. The molecule has 7 heteroatoms. The first-order chi connectivity index (χ1) is 10.9. The Morgan fingerprint density at radius 3 is 2.39 bits per heavy atom. The topological polar surface area (TPSA) is 24.9 Å². The van der Waals surface area contributed by atoms with Crippen LogP contribution < -0.4 is 5.32 Å². The predicted molar refractivity (Wildman–Crippen MR) is 75.8 cm³/mol. The molecule has 0 aliphatic heterocycles. The van der Waals surface area contributed by atoms with E-state index in [1.807, 2.05) is 0 Å². The Kier molecular flexibility index (Phi) is 5.65. The van der Waals surface area contributed by atoms with Gasteiger partial charge in [0.05, 0.1) is 0 Å². The molecule has 23 heavy (non-hydrogen) atoms. The van der Waals surface area contributed by atoms with Crippen LogP contribution in [0.3, 0.4) is 0 Å². The van der Waals surface area contributed by atoms with E-state index in [1.165, 1.54) is 24.5 Å². The summed E-state index contributed by atoms with van der Waals surface area (Å²) in [4.78, 5) is 3.76. The first-order valence-corrected chi connectivity index (χ1v) is 6.99. The second-order valence-corrected chi connectivity index (χ2v) is 5.09. The van der Waals surface area contributed by atoms with E-state index >= 15 is 0 Å². The van der Waals surface area contributed by atoms with E-state index < -0.39 is 23.9 Å². The zero-order chi connectivity index (χ0) is 16.9. The van der Waals surface area contributed by atoms with Crippen molar-refractivity contribution < 1.29 is 22.0 Å². The third kappa shape index (κ3) is 5.28. The molecule has 0 spiro atoms. The lowest BCUT2D eigenvalue weighted by molar-refractivity contribution is -0.155. The maximum absolute atomic E-state index is 13.5. The first kappa shape index (κ1) is 17.3. The second-order valence-electron chi connectivity index (χ2n) is 5.09. The van der Waals surface area contributed by atoms with Crippen LogP contribution in [0.4, 0.5) is 22.0 Å². The Labute approximate surface area is 130 Å². The summed E-state index contributed by atoms with van der Waals surface area (Å²) in [6.07, 6.45) is -1.89. The number of nitrogens with one attached hydrogen (secondary N) is 1. The van der Waals surface area contributed by atoms with Crippen LogP contribution >= 0.6 is 0 Å². The van der Waals surface area contributed by atoms with Crippen LogP contribution in [0, 0.1) is 11.6 Å². The SMILES string of the molecule is Fc1ccc(F)c(CCNC(Cc2ccncc2)C(F)(F)F)c1. The minimum atomic E-state index is -4.44. The van der Waals surface area contributed by atoms with Crippen molar-refractivity contribution in [3.63, 3.8) is 0 Å². The molecule has 0 fully saturated rings. The summed E-state index contributed by atoms with van der Waals surface area (Å²) < 4.78 is 65.7. The highest BCUT2D eigenvalue weighted by Crippen LogP contribution is 2.23. The molecule has 1 N–H and O–H groups in total. The van der Waals surface area contributed by atoms with Crippen molar-refractivity contribution in [1.82, 2.24) is 10.3 Å². The third-order valence-electron chi connectivity index (χ3n) is 3.38. The normalized spacial score (nSPS) is 13.1. The van der Waals surface area contributed by atoms with Gasteiger partial charge in [-0.15, -0.1) is 0 Å². The van der Waals surface area contributed by atoms with Crippen LogP contribution in [0.25, 0.3) is 0 Å². The average molecular weight is 330 g/mol. The van der Waals surface area contributed by atoms with Gasteiger partial charge >= 0.3 is 6.18 Å². The fourth-order valence-electron chi connectivity index (χ4n) is 2.17. The smallest absolute Gasteiger partial charge is 0.306 e. The number of pyridine rings is 1. The van der Waals surface area contributed by atoms with Crippen LogP contribution in [0.1, 0.15) is 11.1 Å². The van der Waals surface area contributed by atoms with Crippen molar-refractivity contribution in [2.24, 2.45) is 0 Å². The van der Waals surface area contributed by atoms with Crippen molar-refractivity contribution in [2.45, 2.75) is 25.1 Å². The largest absolute Gasteiger partial charge is 0.404 e. The van der Waals surface area contributed by atoms with Gasteiger partial charge in [0.15, 0.2) is 0 Å². The molecule has 0 saturated carbocycles. The number of aromatic nitrogens is 1. The summed E-state index contributed by atoms with van der Waals surface area (Å²) in [5.41, 5.74) is 0.536. The van der Waals surface area contributed by atoms with E-state index in [2.05, 4.69) is 10.3 Å². The molecule has 0 aliphatic rings. The molecule has 1 heterocycles. The van der Waals surface area contributed by atoms with E-state index in [-0.39, 0.29) is 24.9 Å². The van der Waals surface area contributed by atoms with Crippen LogP contribution in [-0.2, 0) is 12.8 Å². The van der Waals surface area contributed by atoms with Gasteiger partial charge in [-0.1, -0.05) is 0 Å². The van der Waals surface area contributed by atoms with Gasteiger partial charge in [0.25, 0.3) is 0 Å². The van der Waals surface area contributed by atoms with E-state index in [0.29, 0.717) is 5.56 Å². The molecule has 1 atom stereocenters. The molecular formula is C16H15F5N2. The number of hydrogen-bond acceptors (Lipinski definition) is 2. The number of nitrogens with zero attached hydrogens (tertiary/aromatic N) is 1. The third-order valence-corrected chi connectivity index (χ3v) is 3.38. The van der Waals surface area contributed by atoms with Crippen molar-refractivity contribution in [1.29, 1.82) is 0 Å². The van der Waals surface area contributed by atoms with Gasteiger partial charge in [0.2, 0.25) is 0 Å². The van der Waals surface area contributed by atoms with Gasteiger partial charge in [-0.05, 0) is 60.8 Å². The first-order valence-electron chi connectivity index (χ1n) is 6.99. The summed E-state index contributed by atoms with van der Waals surface area (Å²) in [5, 5.41) is 2.37. The fourth-order valence-corrected chi connectivity index (χ4v) is 2.17. The number of hydrogen-bond donors (Lipinski definition) is 1. The van der Waals surface area contributed by atoms with Gasteiger partial charge in [-0.25, -0.2) is 8.78 Å². The minimum Gasteiger partial charge on any atom is -0.306 e. The van der Waals surface area contributed by atoms with Crippen LogP contribution in [0.15, 0.2) is 42.7 Å². The van der Waals surface area contributed by atoms with Gasteiger partial charge in [0.1, 0.15) is 17.7 Å². The zero-order valence-corrected chi connectivity index (χ0v) is 12.1. The molecule has 2 rings (SSSR count). The molecule has 0 bridgehead atoms. The summed E-state index contributed by atoms with van der Waals surface area (Å²) in [7, 11) is 0. The molecule has 124 valence electrons. The Balaban J connectivity index is 1.97. The van der Waals surface area contributed by atoms with Gasteiger partial charge in [-0.2, -0.15) is 13.2 Å². The maximum atomic E-state index is 13.5. The lowest BCUT2D eigenvalue weighted by Crippen LogP contribution is -2.44. The summed E-state index contributed by atoms with van der Waals surface area (Å²) in [6.45, 7) is -0.115. The fraction of sp³-hybridized carbons (Fsp3) is 0.312. The number of benzene rings is 1. The average Bonchev–Trinajstić information content (AvgIpc) is 2.50. The number of halogens is 5. The monoisotopic (exact) mass is 330 g/mol. The Morgan fingerprint density at radius 2 is 1.74 bits per heavy atom. The highest BCUT2D eigenvalue weighted by Gasteiger charge is 2.39. The molecule has 1 aromatic carbocycles. The Hall–Kier alpha value is -2.02. The molecule has 1 aromatic heterocycles. The molecule has 1 unspecified atom stereocenters. The van der Waals surface area contributed by atoms with Gasteiger partial charge < -0.3 is 5.32 Å². The van der Waals surface area contributed by atoms with E-state index in [9.17, 15) is 22.0 Å². The summed E-state index contributed by atoms with van der Waals surface area (Å²) in [6, 6.07) is 4.17. The van der Waals surface area contributed by atoms with E-state index in [4.69, 9.17) is 0 Å². The molecular weight excluding hydrogens is 315 g/mol. The molecule has 0 amide bonds. The van der Waals surface area contributed by atoms with Crippen molar-refractivity contribution in [2.75, 3.05) is 6.54 Å². The van der Waals surface area contributed by atoms with Gasteiger partial charge in [0, 0.05) is 12.4 Å². The lowest BCUT2D eigenvalue weighted by atomic mass is 10.1. The molecule has 2 aromatic rings. The maximum Gasteiger partial charge on any atom is 0.404 e.